The van der Waals surface area contributed by atoms with Crippen molar-refractivity contribution < 1.29 is 18.4 Å². The molecule has 13 heteroatoms. The van der Waals surface area contributed by atoms with Gasteiger partial charge in [0.05, 0.1) is 51.5 Å². The molecule has 0 bridgehead atoms. The average molecular weight is 540 g/mol. The molecule has 0 saturated carbocycles. The number of hydrogen-bond acceptors (Lipinski definition) is 8. The molecule has 4 aromatic rings. The minimum Gasteiger partial charge on any atom is -0.424 e. The van der Waals surface area contributed by atoms with Crippen molar-refractivity contribution in [1.82, 2.24) is 25.5 Å². The van der Waals surface area contributed by atoms with Crippen molar-refractivity contribution in [3.05, 3.63) is 81.3 Å². The molecule has 0 atom stereocenters. The molecule has 0 aliphatic rings. The predicted octanol–water partition coefficient (Wildman–Crippen LogP) is 4.03. The van der Waals surface area contributed by atoms with Crippen molar-refractivity contribution >= 4 is 46.4 Å². The maximum absolute atomic E-state index is 15.0. The second-order valence-electron chi connectivity index (χ2n) is 7.51. The molecule has 10 nitrogen and oxygen atoms in total. The van der Waals surface area contributed by atoms with Crippen molar-refractivity contribution in [1.29, 1.82) is 0 Å². The number of nitrogens with two attached hydrogens (primary N) is 1. The third-order valence-electron chi connectivity index (χ3n) is 4.98. The van der Waals surface area contributed by atoms with Gasteiger partial charge in [0, 0.05) is 24.2 Å². The number of benzene rings is 1. The van der Waals surface area contributed by atoms with Gasteiger partial charge in [0.1, 0.15) is 11.5 Å². The summed E-state index contributed by atoms with van der Waals surface area (Å²) in [4.78, 5) is 33.1. The van der Waals surface area contributed by atoms with E-state index in [0.717, 1.165) is 6.07 Å². The van der Waals surface area contributed by atoms with Gasteiger partial charge < -0.3 is 20.8 Å². The number of pyridine rings is 2. The molecule has 0 radical (unpaired) electrons. The maximum atomic E-state index is 15.0. The van der Waals surface area contributed by atoms with E-state index in [0.29, 0.717) is 5.89 Å². The minimum absolute atomic E-state index is 0.0187. The van der Waals surface area contributed by atoms with E-state index in [1.54, 1.807) is 6.92 Å². The Labute approximate surface area is 219 Å². The van der Waals surface area contributed by atoms with Crippen LogP contribution in [0.4, 0.5) is 15.8 Å². The van der Waals surface area contributed by atoms with Crippen LogP contribution in [0, 0.1) is 25.1 Å². The van der Waals surface area contributed by atoms with Gasteiger partial charge in [-0.2, -0.15) is 0 Å². The number of carbonyl (C=O) groups excluding carboxylic acids is 2. The third-order valence-corrected chi connectivity index (χ3v) is 5.58. The molecule has 0 aliphatic carbocycles. The zero-order chi connectivity index (χ0) is 26.7. The Balaban J connectivity index is 1.51. The number of nitrogens with one attached hydrogen (secondary N) is 2. The average Bonchev–Trinajstić information content (AvgIpc) is 3.28. The van der Waals surface area contributed by atoms with E-state index in [2.05, 4.69) is 36.7 Å². The summed E-state index contributed by atoms with van der Waals surface area (Å²) < 4.78 is 20.2. The lowest BCUT2D eigenvalue weighted by Gasteiger charge is -2.13. The lowest BCUT2D eigenvalue weighted by atomic mass is 9.98. The molecular weight excluding hydrogens is 524 g/mol. The Bertz CT molecular complexity index is 1580. The number of amides is 2. The van der Waals surface area contributed by atoms with E-state index in [9.17, 15) is 9.59 Å². The number of rotatable bonds is 6. The highest BCUT2D eigenvalue weighted by atomic mass is 35.5. The van der Waals surface area contributed by atoms with Gasteiger partial charge in [-0.25, -0.2) is 9.37 Å². The van der Waals surface area contributed by atoms with Crippen molar-refractivity contribution in [2.45, 2.75) is 13.5 Å². The molecule has 2 amide bonds. The summed E-state index contributed by atoms with van der Waals surface area (Å²) in [5, 5.41) is 12.4. The number of nitrogen functional groups attached to an aromatic ring is 1. The van der Waals surface area contributed by atoms with Crippen LogP contribution in [0.2, 0.25) is 10.0 Å². The fourth-order valence-corrected chi connectivity index (χ4v) is 3.82. The number of terminal acetylenes is 1. The predicted molar refractivity (Wildman–Crippen MR) is 134 cm³/mol. The highest BCUT2D eigenvalue weighted by Crippen LogP contribution is 2.34. The van der Waals surface area contributed by atoms with Crippen LogP contribution < -0.4 is 16.4 Å². The second kappa shape index (κ2) is 10.6. The summed E-state index contributed by atoms with van der Waals surface area (Å²) in [5.74, 6) is 0.854. The van der Waals surface area contributed by atoms with Gasteiger partial charge in [0.25, 0.3) is 11.8 Å². The molecule has 4 N–H and O–H groups in total. The molecule has 0 saturated heterocycles. The molecule has 1 aromatic carbocycles. The zero-order valence-corrected chi connectivity index (χ0v) is 20.5. The summed E-state index contributed by atoms with van der Waals surface area (Å²) in [7, 11) is 0. The Kier molecular flexibility index (Phi) is 7.33. The third kappa shape index (κ3) is 5.50. The van der Waals surface area contributed by atoms with Crippen LogP contribution in [0.1, 0.15) is 38.2 Å². The molecule has 0 aliphatic heterocycles. The van der Waals surface area contributed by atoms with Gasteiger partial charge >= 0.3 is 0 Å². The van der Waals surface area contributed by atoms with Gasteiger partial charge in [-0.05, 0) is 18.2 Å². The van der Waals surface area contributed by atoms with Gasteiger partial charge in [-0.3, -0.25) is 14.6 Å². The van der Waals surface area contributed by atoms with Crippen LogP contribution in [-0.4, -0.2) is 32.0 Å². The molecule has 3 heterocycles. The first kappa shape index (κ1) is 25.6. The number of hydrogen-bond donors (Lipinski definition) is 3. The number of halogens is 3. The van der Waals surface area contributed by atoms with Gasteiger partial charge in [0.2, 0.25) is 11.8 Å². The Morgan fingerprint density at radius 1 is 1.14 bits per heavy atom. The van der Waals surface area contributed by atoms with E-state index in [-0.39, 0.29) is 61.8 Å². The summed E-state index contributed by atoms with van der Waals surface area (Å²) in [5.41, 5.74) is 6.51. The monoisotopic (exact) mass is 539 g/mol. The van der Waals surface area contributed by atoms with Crippen LogP contribution in [-0.2, 0) is 6.54 Å². The van der Waals surface area contributed by atoms with Gasteiger partial charge in [-0.1, -0.05) is 29.1 Å². The lowest BCUT2D eigenvalue weighted by Crippen LogP contribution is -2.24. The van der Waals surface area contributed by atoms with Crippen molar-refractivity contribution in [2.24, 2.45) is 0 Å². The zero-order valence-electron chi connectivity index (χ0n) is 19.0. The summed E-state index contributed by atoms with van der Waals surface area (Å²) in [6, 6.07) is 3.53. The Morgan fingerprint density at radius 3 is 2.59 bits per heavy atom. The fraction of sp³-hybridized carbons (Fsp3) is 0.0833. The molecule has 0 unspecified atom stereocenters. The van der Waals surface area contributed by atoms with Crippen LogP contribution >= 0.6 is 23.2 Å². The highest BCUT2D eigenvalue weighted by Gasteiger charge is 2.20. The summed E-state index contributed by atoms with van der Waals surface area (Å²) >= 11 is 12.5. The number of aromatic nitrogens is 4. The van der Waals surface area contributed by atoms with Crippen molar-refractivity contribution in [2.75, 3.05) is 11.1 Å². The number of nitrogens with zero attached hydrogens (tertiary/aromatic N) is 4. The smallest absolute Gasteiger partial charge is 0.271 e. The molecule has 37 heavy (non-hydrogen) atoms. The largest absolute Gasteiger partial charge is 0.424 e. The minimum atomic E-state index is -0.774. The number of carbonyl (C=O) groups is 2. The standard InChI is InChI=1S/C24H16Cl2FN7O3/c1-3-12-7-29-9-19(28)21(12)15-5-16(25)14(6-18(15)27)23(35)32-13-4-17(26)22(30-8-13)24(36)31-10-20-34-33-11(2)37-20/h1,4-9H,10,28H2,2H3,(H,31,36)(H,32,35). The van der Waals surface area contributed by atoms with E-state index in [4.69, 9.17) is 39.8 Å². The van der Waals surface area contributed by atoms with E-state index in [1.165, 1.54) is 30.7 Å². The van der Waals surface area contributed by atoms with Crippen LogP contribution in [0.3, 0.4) is 0 Å². The van der Waals surface area contributed by atoms with E-state index >= 15 is 4.39 Å². The first-order valence-electron chi connectivity index (χ1n) is 10.4. The molecule has 0 spiro atoms. The highest BCUT2D eigenvalue weighted by molar-refractivity contribution is 6.35. The van der Waals surface area contributed by atoms with Crippen molar-refractivity contribution in [3.8, 4) is 23.5 Å². The van der Waals surface area contributed by atoms with Crippen LogP contribution in [0.15, 0.2) is 41.2 Å². The van der Waals surface area contributed by atoms with Crippen molar-refractivity contribution in [3.63, 3.8) is 0 Å². The van der Waals surface area contributed by atoms with E-state index in [1.807, 2.05) is 0 Å². The maximum Gasteiger partial charge on any atom is 0.271 e. The number of anilines is 2. The first-order chi connectivity index (χ1) is 17.7. The van der Waals surface area contributed by atoms with Gasteiger partial charge in [-0.15, -0.1) is 16.6 Å². The summed E-state index contributed by atoms with van der Waals surface area (Å²) in [6.45, 7) is 1.59. The molecule has 3 aromatic heterocycles. The molecule has 186 valence electrons. The topological polar surface area (TPSA) is 149 Å². The van der Waals surface area contributed by atoms with Crippen LogP contribution in [0.5, 0.6) is 0 Å². The summed E-state index contributed by atoms with van der Waals surface area (Å²) in [6.07, 6.45) is 9.39. The Hall–Kier alpha value is -4.53. The molecule has 0 fully saturated rings. The number of aryl methyl sites for hydroxylation is 1. The first-order valence-corrected chi connectivity index (χ1v) is 11.2. The fourth-order valence-electron chi connectivity index (χ4n) is 3.32. The second-order valence-corrected chi connectivity index (χ2v) is 8.33. The SMILES string of the molecule is C#Cc1cncc(N)c1-c1cc(Cl)c(C(=O)Nc2cnc(C(=O)NCc3nnc(C)o3)c(Cl)c2)cc1F. The van der Waals surface area contributed by atoms with Crippen LogP contribution in [0.25, 0.3) is 11.1 Å². The normalized spacial score (nSPS) is 10.6. The lowest BCUT2D eigenvalue weighted by molar-refractivity contribution is 0.0942. The molecular formula is C24H16Cl2FN7O3. The molecule has 4 rings (SSSR count). The quantitative estimate of drug-likeness (QED) is 0.311. The Morgan fingerprint density at radius 2 is 1.92 bits per heavy atom. The van der Waals surface area contributed by atoms with Gasteiger partial charge in [0.15, 0.2) is 0 Å². The van der Waals surface area contributed by atoms with E-state index < -0.39 is 17.6 Å².